The highest BCUT2D eigenvalue weighted by molar-refractivity contribution is 5.82. The van der Waals surface area contributed by atoms with Gasteiger partial charge in [0.1, 0.15) is 11.5 Å². The average Bonchev–Trinajstić information content (AvgIpc) is 3.57. The quantitative estimate of drug-likeness (QED) is 0.282. The van der Waals surface area contributed by atoms with E-state index in [2.05, 4.69) is 30.3 Å². The van der Waals surface area contributed by atoms with Crippen LogP contribution in [0.5, 0.6) is 0 Å². The van der Waals surface area contributed by atoms with Gasteiger partial charge in [-0.25, -0.2) is 4.39 Å². The van der Waals surface area contributed by atoms with E-state index in [0.717, 1.165) is 22.5 Å². The fraction of sp³-hybridized carbons (Fsp3) is 0.269. The third kappa shape index (κ3) is 6.25. The number of nitrogens with one attached hydrogen (secondary N) is 2. The molecular weight excluding hydrogens is 477 g/mol. The molecule has 1 aromatic carbocycles. The summed E-state index contributed by atoms with van der Waals surface area (Å²) in [6, 6.07) is 9.76. The number of H-pyrrole nitrogens is 1. The molecule has 0 bridgehead atoms. The highest BCUT2D eigenvalue weighted by atomic mass is 19.1. The van der Waals surface area contributed by atoms with Crippen molar-refractivity contribution in [2.45, 2.75) is 32.4 Å². The number of hydrogen-bond donors (Lipinski definition) is 3. The maximum atomic E-state index is 14.8. The van der Waals surface area contributed by atoms with Gasteiger partial charge in [0.25, 0.3) is 0 Å². The maximum absolute atomic E-state index is 14.8. The Labute approximate surface area is 213 Å². The van der Waals surface area contributed by atoms with Crippen LogP contribution >= 0.6 is 0 Å². The number of nitrogens with two attached hydrogens (primary N) is 1. The van der Waals surface area contributed by atoms with E-state index in [1.165, 1.54) is 13.2 Å². The van der Waals surface area contributed by atoms with E-state index in [4.69, 9.17) is 5.73 Å². The summed E-state index contributed by atoms with van der Waals surface area (Å²) in [5.74, 6) is -1.17. The van der Waals surface area contributed by atoms with E-state index >= 15 is 0 Å². The lowest BCUT2D eigenvalue weighted by atomic mass is 9.99. The molecule has 0 aliphatic rings. The van der Waals surface area contributed by atoms with E-state index in [1.807, 2.05) is 25.1 Å². The minimum Gasteiger partial charge on any atom is -0.469 e. The van der Waals surface area contributed by atoms with Crippen LogP contribution in [0.3, 0.4) is 0 Å². The van der Waals surface area contributed by atoms with Crippen molar-refractivity contribution in [2.75, 3.05) is 13.7 Å². The van der Waals surface area contributed by atoms with Crippen molar-refractivity contribution >= 4 is 11.9 Å². The predicted molar refractivity (Wildman–Crippen MR) is 135 cm³/mol. The second-order valence-corrected chi connectivity index (χ2v) is 8.51. The molecule has 4 aromatic rings. The van der Waals surface area contributed by atoms with Gasteiger partial charge in [-0.05, 0) is 43.2 Å². The van der Waals surface area contributed by atoms with Crippen molar-refractivity contribution in [3.05, 3.63) is 66.5 Å². The Hall–Kier alpha value is -4.38. The molecule has 0 spiro atoms. The molecular formula is C26H28FN7O3. The summed E-state index contributed by atoms with van der Waals surface area (Å²) in [5.41, 5.74) is 10.7. The van der Waals surface area contributed by atoms with Crippen molar-refractivity contribution < 1.29 is 18.7 Å². The number of rotatable bonds is 10. The van der Waals surface area contributed by atoms with Gasteiger partial charge < -0.3 is 15.8 Å². The highest BCUT2D eigenvalue weighted by Crippen LogP contribution is 2.33. The molecule has 1 atom stereocenters. The Kier molecular flexibility index (Phi) is 8.04. The number of carbonyl (C=O) groups is 2. The van der Waals surface area contributed by atoms with Crippen molar-refractivity contribution in [1.82, 2.24) is 30.3 Å². The zero-order valence-electron chi connectivity index (χ0n) is 20.6. The van der Waals surface area contributed by atoms with E-state index in [1.54, 1.807) is 35.4 Å². The first-order chi connectivity index (χ1) is 17.9. The zero-order valence-corrected chi connectivity index (χ0v) is 20.6. The van der Waals surface area contributed by atoms with Crippen LogP contribution in [-0.2, 0) is 20.9 Å². The van der Waals surface area contributed by atoms with Gasteiger partial charge in [-0.3, -0.25) is 24.4 Å². The molecule has 4 N–H and O–H groups in total. The Bertz CT molecular complexity index is 1400. The molecule has 0 fully saturated rings. The Balaban J connectivity index is 1.43. The monoisotopic (exact) mass is 505 g/mol. The Morgan fingerprint density at radius 1 is 1.22 bits per heavy atom. The average molecular weight is 506 g/mol. The third-order valence-electron chi connectivity index (χ3n) is 5.86. The summed E-state index contributed by atoms with van der Waals surface area (Å²) in [6.07, 6.45) is 5.31. The number of methoxy groups -OCH3 is 1. The lowest BCUT2D eigenvalue weighted by molar-refractivity contribution is -0.140. The van der Waals surface area contributed by atoms with Crippen molar-refractivity contribution in [2.24, 2.45) is 5.73 Å². The number of halogens is 1. The summed E-state index contributed by atoms with van der Waals surface area (Å²) in [4.78, 5) is 27.9. The number of hydrogen-bond acceptors (Lipinski definition) is 7. The van der Waals surface area contributed by atoms with Crippen LogP contribution in [-0.4, -0.2) is 56.5 Å². The van der Waals surface area contributed by atoms with Crippen LogP contribution < -0.4 is 11.1 Å². The first-order valence-electron chi connectivity index (χ1n) is 11.8. The van der Waals surface area contributed by atoms with E-state index in [-0.39, 0.29) is 31.1 Å². The van der Waals surface area contributed by atoms with Crippen molar-refractivity contribution in [3.8, 4) is 33.6 Å². The second-order valence-electron chi connectivity index (χ2n) is 8.51. The van der Waals surface area contributed by atoms with Crippen molar-refractivity contribution in [1.29, 1.82) is 0 Å². The van der Waals surface area contributed by atoms with E-state index < -0.39 is 12.0 Å². The van der Waals surface area contributed by atoms with E-state index in [0.29, 0.717) is 23.4 Å². The molecule has 0 saturated carbocycles. The smallest absolute Gasteiger partial charge is 0.305 e. The molecule has 3 heterocycles. The third-order valence-corrected chi connectivity index (χ3v) is 5.86. The summed E-state index contributed by atoms with van der Waals surface area (Å²) in [7, 11) is 1.28. The van der Waals surface area contributed by atoms with Gasteiger partial charge in [0.15, 0.2) is 0 Å². The molecule has 11 heteroatoms. The number of amides is 1. The van der Waals surface area contributed by atoms with Crippen LogP contribution in [0.2, 0.25) is 0 Å². The van der Waals surface area contributed by atoms with Gasteiger partial charge in [-0.2, -0.15) is 10.2 Å². The minimum absolute atomic E-state index is 0.0695. The largest absolute Gasteiger partial charge is 0.469 e. The van der Waals surface area contributed by atoms with Gasteiger partial charge in [-0.1, -0.05) is 12.1 Å². The van der Waals surface area contributed by atoms with E-state index in [9.17, 15) is 14.0 Å². The summed E-state index contributed by atoms with van der Waals surface area (Å²) in [5, 5.41) is 14.2. The van der Waals surface area contributed by atoms with Gasteiger partial charge >= 0.3 is 5.97 Å². The molecule has 0 unspecified atom stereocenters. The summed E-state index contributed by atoms with van der Waals surface area (Å²) >= 11 is 0. The molecule has 3 aromatic heterocycles. The fourth-order valence-corrected chi connectivity index (χ4v) is 3.85. The fourth-order valence-electron chi connectivity index (χ4n) is 3.85. The summed E-state index contributed by atoms with van der Waals surface area (Å²) in [6.45, 7) is 2.55. The lowest BCUT2D eigenvalue weighted by Gasteiger charge is -2.11. The van der Waals surface area contributed by atoms with Crippen LogP contribution in [0.25, 0.3) is 33.6 Å². The molecule has 1 amide bonds. The number of esters is 1. The number of pyridine rings is 1. The molecule has 0 saturated heterocycles. The van der Waals surface area contributed by atoms with Crippen LogP contribution in [0.1, 0.15) is 18.5 Å². The molecule has 0 aliphatic heterocycles. The number of carbonyl (C=O) groups excluding carboxylic acids is 2. The molecule has 10 nitrogen and oxygen atoms in total. The predicted octanol–water partition coefficient (Wildman–Crippen LogP) is 2.85. The maximum Gasteiger partial charge on any atom is 0.305 e. The lowest BCUT2D eigenvalue weighted by Crippen LogP contribution is -2.42. The first kappa shape index (κ1) is 25.7. The standard InChI is InChI=1S/C26H28FN7O3/c1-16-4-3-5-23(32-16)25-20(14-30-33-25)17-6-7-21(27)19(12-17)18-13-31-34(15-18)11-10-29-26(36)22(28)8-9-24(35)37-2/h3-7,12-15,22H,8-11,28H2,1-2H3,(H,29,36)(H,30,33)/t22-/m1/s1. The van der Waals surface area contributed by atoms with Crippen LogP contribution in [0.4, 0.5) is 4.39 Å². The first-order valence-corrected chi connectivity index (χ1v) is 11.8. The number of aromatic nitrogens is 5. The van der Waals surface area contributed by atoms with Gasteiger partial charge in [0.05, 0.1) is 31.6 Å². The van der Waals surface area contributed by atoms with Crippen LogP contribution in [0, 0.1) is 12.7 Å². The second kappa shape index (κ2) is 11.6. The number of benzene rings is 1. The van der Waals surface area contributed by atoms with Crippen LogP contribution in [0.15, 0.2) is 55.0 Å². The molecule has 0 aliphatic carbocycles. The number of aryl methyl sites for hydroxylation is 1. The number of ether oxygens (including phenoxy) is 1. The molecule has 192 valence electrons. The molecule has 4 rings (SSSR count). The SMILES string of the molecule is COC(=O)CC[C@@H](N)C(=O)NCCn1cc(-c2cc(-c3c[nH]nc3-c3cccc(C)n3)ccc2F)cn1. The Morgan fingerprint density at radius 2 is 2.05 bits per heavy atom. The highest BCUT2D eigenvalue weighted by Gasteiger charge is 2.17. The van der Waals surface area contributed by atoms with Gasteiger partial charge in [0.2, 0.25) is 5.91 Å². The number of aromatic amines is 1. The molecule has 37 heavy (non-hydrogen) atoms. The Morgan fingerprint density at radius 3 is 2.84 bits per heavy atom. The minimum atomic E-state index is -0.813. The van der Waals surface area contributed by atoms with Gasteiger partial charge in [-0.15, -0.1) is 0 Å². The van der Waals surface area contributed by atoms with Gasteiger partial charge in [0, 0.05) is 47.7 Å². The number of nitrogens with zero attached hydrogens (tertiary/aromatic N) is 4. The normalized spacial score (nSPS) is 11.8. The van der Waals surface area contributed by atoms with Crippen molar-refractivity contribution in [3.63, 3.8) is 0 Å². The molecule has 0 radical (unpaired) electrons. The zero-order chi connectivity index (χ0) is 26.4. The summed E-state index contributed by atoms with van der Waals surface area (Å²) < 4.78 is 21.0. The topological polar surface area (TPSA) is 141 Å².